The van der Waals surface area contributed by atoms with Gasteiger partial charge in [0.2, 0.25) is 0 Å². The smallest absolute Gasteiger partial charge is 0.138 e. The van der Waals surface area contributed by atoms with Gasteiger partial charge in [0, 0.05) is 37.9 Å². The van der Waals surface area contributed by atoms with Crippen LogP contribution in [-0.4, -0.2) is 9.97 Å². The fraction of sp³-hybridized carbons (Fsp3) is 0.143. The first-order valence-electron chi connectivity index (χ1n) is 13.0. The van der Waals surface area contributed by atoms with E-state index in [0.717, 1.165) is 50.9 Å². The molecule has 5 heteroatoms. The van der Waals surface area contributed by atoms with E-state index in [-0.39, 0.29) is 25.5 Å². The van der Waals surface area contributed by atoms with E-state index < -0.39 is 0 Å². The third kappa shape index (κ3) is 5.92. The molecular formula is C35H28IrN2OS-2. The van der Waals surface area contributed by atoms with Crippen LogP contribution in [0, 0.1) is 17.5 Å². The van der Waals surface area contributed by atoms with Crippen LogP contribution in [0.4, 0.5) is 0 Å². The summed E-state index contributed by atoms with van der Waals surface area (Å²) < 4.78 is 7.59. The summed E-state index contributed by atoms with van der Waals surface area (Å²) >= 11 is 1.72. The summed E-state index contributed by atoms with van der Waals surface area (Å²) in [6.07, 6.45) is 4.69. The Morgan fingerprint density at radius 2 is 1.60 bits per heavy atom. The minimum absolute atomic E-state index is 0. The molecule has 0 fully saturated rings. The second kappa shape index (κ2) is 11.9. The van der Waals surface area contributed by atoms with Gasteiger partial charge < -0.3 is 14.4 Å². The van der Waals surface area contributed by atoms with Crippen LogP contribution >= 0.6 is 11.3 Å². The Bertz CT molecular complexity index is 1830. The molecule has 7 rings (SSSR count). The van der Waals surface area contributed by atoms with Gasteiger partial charge in [-0.15, -0.1) is 65.4 Å². The number of pyridine rings is 2. The molecule has 0 saturated heterocycles. The summed E-state index contributed by atoms with van der Waals surface area (Å²) in [6, 6.07) is 35.0. The molecule has 0 saturated carbocycles. The number of thiophene rings is 1. The number of fused-ring (bicyclic) bond motifs is 5. The molecule has 0 aliphatic rings. The number of furan rings is 1. The van der Waals surface area contributed by atoms with Crippen molar-refractivity contribution in [3.63, 3.8) is 0 Å². The van der Waals surface area contributed by atoms with E-state index in [9.17, 15) is 0 Å². The van der Waals surface area contributed by atoms with Gasteiger partial charge in [0.05, 0.1) is 10.3 Å². The normalized spacial score (nSPS) is 11.3. The largest absolute Gasteiger partial charge is 0.499 e. The van der Waals surface area contributed by atoms with Crippen LogP contribution in [0.2, 0.25) is 0 Å². The van der Waals surface area contributed by atoms with Gasteiger partial charge in [-0.05, 0) is 52.2 Å². The number of hydrogen-bond donors (Lipinski definition) is 0. The van der Waals surface area contributed by atoms with Crippen LogP contribution in [0.1, 0.15) is 26.3 Å². The zero-order valence-corrected chi connectivity index (χ0v) is 25.8. The molecule has 0 N–H and O–H groups in total. The Balaban J connectivity index is 0.000000209. The topological polar surface area (TPSA) is 38.9 Å². The van der Waals surface area contributed by atoms with Crippen LogP contribution in [0.15, 0.2) is 107 Å². The monoisotopic (exact) mass is 717 g/mol. The van der Waals surface area contributed by atoms with E-state index in [0.29, 0.717) is 0 Å². The van der Waals surface area contributed by atoms with E-state index in [1.165, 1.54) is 15.6 Å². The molecule has 0 aliphatic carbocycles. The molecule has 4 aromatic heterocycles. The predicted molar refractivity (Wildman–Crippen MR) is 163 cm³/mol. The van der Waals surface area contributed by atoms with E-state index in [1.807, 2.05) is 54.7 Å². The first-order chi connectivity index (χ1) is 19.0. The maximum Gasteiger partial charge on any atom is 0.138 e. The van der Waals surface area contributed by atoms with Gasteiger partial charge in [-0.25, -0.2) is 0 Å². The SMILES string of the molecule is CC(C)(C)Cc1ccnc(-c2[c-]ccc3c2oc2c3ccc3ccsc32)c1.[Ir].[c-]1ccccc1-c1ccccn1. The molecular weight excluding hydrogens is 689 g/mol. The van der Waals surface area contributed by atoms with Crippen LogP contribution in [0.5, 0.6) is 0 Å². The van der Waals surface area contributed by atoms with Crippen molar-refractivity contribution in [2.45, 2.75) is 27.2 Å². The van der Waals surface area contributed by atoms with Crippen LogP contribution in [0.25, 0.3) is 54.5 Å². The summed E-state index contributed by atoms with van der Waals surface area (Å²) in [5.74, 6) is 0. The van der Waals surface area contributed by atoms with Crippen molar-refractivity contribution in [1.29, 1.82) is 0 Å². The van der Waals surface area contributed by atoms with Crippen molar-refractivity contribution < 1.29 is 24.5 Å². The molecule has 4 heterocycles. The molecule has 0 amide bonds. The fourth-order valence-electron chi connectivity index (χ4n) is 4.82. The minimum Gasteiger partial charge on any atom is -0.499 e. The second-order valence-electron chi connectivity index (χ2n) is 10.8. The Hall–Kier alpha value is -3.63. The van der Waals surface area contributed by atoms with Gasteiger partial charge >= 0.3 is 0 Å². The molecule has 7 aromatic rings. The molecule has 1 radical (unpaired) electrons. The number of benzene rings is 3. The zero-order valence-electron chi connectivity index (χ0n) is 22.6. The van der Waals surface area contributed by atoms with Crippen LogP contribution < -0.4 is 0 Å². The predicted octanol–water partition coefficient (Wildman–Crippen LogP) is 9.80. The second-order valence-corrected chi connectivity index (χ2v) is 11.7. The first-order valence-corrected chi connectivity index (χ1v) is 13.9. The van der Waals surface area contributed by atoms with Crippen molar-refractivity contribution in [3.8, 4) is 22.5 Å². The molecule has 0 spiro atoms. The van der Waals surface area contributed by atoms with Gasteiger partial charge in [-0.2, -0.15) is 0 Å². The molecule has 201 valence electrons. The van der Waals surface area contributed by atoms with Crippen molar-refractivity contribution in [2.24, 2.45) is 5.41 Å². The van der Waals surface area contributed by atoms with Gasteiger partial charge in [-0.1, -0.05) is 67.6 Å². The molecule has 3 nitrogen and oxygen atoms in total. The number of aromatic nitrogens is 2. The minimum atomic E-state index is 0. The molecule has 0 atom stereocenters. The standard InChI is InChI=1S/C24H20NOS.C11H8N.Ir/c1-24(2,3)14-15-9-11-25-20(13-15)19-6-4-5-17-18-8-7-16-10-12-27-23(16)22(18)26-21(17)19;1-2-6-10(7-3-1)11-8-4-5-9-12-11;/h4-5,7-13H,14H2,1-3H3;1-6,8-9H;/q2*-1;. The van der Waals surface area contributed by atoms with Crippen molar-refractivity contribution in [1.82, 2.24) is 9.97 Å². The summed E-state index contributed by atoms with van der Waals surface area (Å²) in [5, 5.41) is 5.61. The van der Waals surface area contributed by atoms with Crippen molar-refractivity contribution in [2.75, 3.05) is 0 Å². The van der Waals surface area contributed by atoms with E-state index >= 15 is 0 Å². The third-order valence-electron chi connectivity index (χ3n) is 6.48. The summed E-state index contributed by atoms with van der Waals surface area (Å²) in [4.78, 5) is 8.84. The molecule has 0 unspecified atom stereocenters. The maximum atomic E-state index is 6.39. The number of hydrogen-bond acceptors (Lipinski definition) is 4. The Kier molecular flexibility index (Phi) is 8.27. The van der Waals surface area contributed by atoms with Crippen molar-refractivity contribution in [3.05, 3.63) is 120 Å². The maximum absolute atomic E-state index is 6.39. The molecule has 3 aromatic carbocycles. The number of rotatable bonds is 3. The third-order valence-corrected chi connectivity index (χ3v) is 7.41. The number of nitrogens with zero attached hydrogens (tertiary/aromatic N) is 2. The van der Waals surface area contributed by atoms with Gasteiger partial charge in [0.25, 0.3) is 0 Å². The fourth-order valence-corrected chi connectivity index (χ4v) is 5.70. The Morgan fingerprint density at radius 1 is 0.775 bits per heavy atom. The van der Waals surface area contributed by atoms with E-state index in [1.54, 1.807) is 17.5 Å². The molecule has 0 aliphatic heterocycles. The van der Waals surface area contributed by atoms with Crippen molar-refractivity contribution >= 4 is 43.4 Å². The summed E-state index contributed by atoms with van der Waals surface area (Å²) in [6.45, 7) is 6.77. The average Bonchev–Trinajstić information content (AvgIpc) is 3.58. The summed E-state index contributed by atoms with van der Waals surface area (Å²) in [7, 11) is 0. The van der Waals surface area contributed by atoms with E-state index in [2.05, 4.69) is 84.7 Å². The molecule has 0 bridgehead atoms. The Labute approximate surface area is 252 Å². The van der Waals surface area contributed by atoms with E-state index in [4.69, 9.17) is 4.42 Å². The zero-order chi connectivity index (χ0) is 26.8. The van der Waals surface area contributed by atoms with Crippen LogP contribution in [-0.2, 0) is 26.5 Å². The Morgan fingerprint density at radius 3 is 2.38 bits per heavy atom. The van der Waals surface area contributed by atoms with Gasteiger partial charge in [0.1, 0.15) is 5.58 Å². The van der Waals surface area contributed by atoms with Gasteiger partial charge in [-0.3, -0.25) is 0 Å². The average molecular weight is 717 g/mol. The molecule has 40 heavy (non-hydrogen) atoms. The summed E-state index contributed by atoms with van der Waals surface area (Å²) in [5.41, 5.74) is 7.22. The van der Waals surface area contributed by atoms with Gasteiger partial charge in [0.15, 0.2) is 0 Å². The van der Waals surface area contributed by atoms with Crippen LogP contribution in [0.3, 0.4) is 0 Å². The first kappa shape index (κ1) is 27.9. The quantitative estimate of drug-likeness (QED) is 0.171.